The van der Waals surface area contributed by atoms with Crippen LogP contribution in [0.1, 0.15) is 10.5 Å². The average molecular weight is 415 g/mol. The Morgan fingerprint density at radius 2 is 2.09 bits per heavy atom. The number of nitrogens with zero attached hydrogens (tertiary/aromatic N) is 4. The number of amides is 1. The topological polar surface area (TPSA) is 64.7 Å². The lowest BCUT2D eigenvalue weighted by Gasteiger charge is -2.12. The average Bonchev–Trinajstić information content (AvgIpc) is 3.12. The van der Waals surface area contributed by atoms with E-state index in [0.717, 1.165) is 4.47 Å². The molecule has 0 radical (unpaired) electrons. The fourth-order valence-corrected chi connectivity index (χ4v) is 2.82. The van der Waals surface area contributed by atoms with Gasteiger partial charge in [0, 0.05) is 11.5 Å². The Morgan fingerprint density at radius 1 is 1.30 bits per heavy atom. The van der Waals surface area contributed by atoms with Crippen molar-refractivity contribution in [3.8, 4) is 5.69 Å². The van der Waals surface area contributed by atoms with Gasteiger partial charge in [0.05, 0.1) is 16.4 Å². The Labute approximate surface area is 150 Å². The second kappa shape index (κ2) is 6.35. The molecule has 0 unspecified atom stereocenters. The van der Waals surface area contributed by atoms with Crippen LogP contribution < -0.4 is 5.32 Å². The summed E-state index contributed by atoms with van der Waals surface area (Å²) in [5.41, 5.74) is 1.61. The second-order valence-corrected chi connectivity index (χ2v) is 6.36. The van der Waals surface area contributed by atoms with E-state index in [1.54, 1.807) is 24.1 Å². The predicted octanol–water partition coefficient (Wildman–Crippen LogP) is 3.93. The minimum atomic E-state index is -0.333. The summed E-state index contributed by atoms with van der Waals surface area (Å²) in [6.45, 7) is 0. The number of carbonyl (C=O) groups is 1. The first-order valence-corrected chi connectivity index (χ1v) is 7.99. The molecule has 2 aromatic heterocycles. The molecule has 2 heterocycles. The van der Waals surface area contributed by atoms with Gasteiger partial charge in [-0.15, -0.1) is 0 Å². The van der Waals surface area contributed by atoms with Crippen LogP contribution in [0.5, 0.6) is 0 Å². The molecule has 0 fully saturated rings. The Balaban J connectivity index is 1.98. The SMILES string of the molecule is Cn1c(C(=O)Nc2cc(Br)ccc2-n2cncn2)cc(Cl)c1Cl. The number of aromatic nitrogens is 4. The van der Waals surface area contributed by atoms with E-state index >= 15 is 0 Å². The van der Waals surface area contributed by atoms with Gasteiger partial charge >= 0.3 is 0 Å². The van der Waals surface area contributed by atoms with Crippen LogP contribution in [0.4, 0.5) is 5.69 Å². The van der Waals surface area contributed by atoms with Crippen molar-refractivity contribution in [2.45, 2.75) is 0 Å². The molecule has 0 atom stereocenters. The molecule has 0 saturated heterocycles. The third-order valence-electron chi connectivity index (χ3n) is 3.22. The summed E-state index contributed by atoms with van der Waals surface area (Å²) in [6, 6.07) is 6.97. The summed E-state index contributed by atoms with van der Waals surface area (Å²) in [5, 5.41) is 7.56. The maximum atomic E-state index is 12.5. The molecule has 118 valence electrons. The highest BCUT2D eigenvalue weighted by Crippen LogP contribution is 2.28. The molecule has 23 heavy (non-hydrogen) atoms. The van der Waals surface area contributed by atoms with Crippen molar-refractivity contribution in [3.63, 3.8) is 0 Å². The largest absolute Gasteiger partial charge is 0.329 e. The molecule has 6 nitrogen and oxygen atoms in total. The van der Waals surface area contributed by atoms with E-state index < -0.39 is 0 Å². The van der Waals surface area contributed by atoms with E-state index in [0.29, 0.717) is 27.2 Å². The van der Waals surface area contributed by atoms with Gasteiger partial charge in [0.2, 0.25) is 0 Å². The number of anilines is 1. The zero-order valence-corrected chi connectivity index (χ0v) is 14.9. The van der Waals surface area contributed by atoms with Crippen LogP contribution in [-0.2, 0) is 7.05 Å². The van der Waals surface area contributed by atoms with Crippen LogP contribution in [0.25, 0.3) is 5.69 Å². The summed E-state index contributed by atoms with van der Waals surface area (Å²) < 4.78 is 3.90. The predicted molar refractivity (Wildman–Crippen MR) is 92.4 cm³/mol. The molecular formula is C14H10BrCl2N5O. The third-order valence-corrected chi connectivity index (χ3v) is 4.56. The fraction of sp³-hybridized carbons (Fsp3) is 0.0714. The van der Waals surface area contributed by atoms with Crippen molar-refractivity contribution in [2.75, 3.05) is 5.32 Å². The lowest BCUT2D eigenvalue weighted by Crippen LogP contribution is -2.17. The van der Waals surface area contributed by atoms with Crippen molar-refractivity contribution in [3.05, 3.63) is 57.3 Å². The first kappa shape index (κ1) is 16.0. The van der Waals surface area contributed by atoms with Gasteiger partial charge in [-0.05, 0) is 24.3 Å². The van der Waals surface area contributed by atoms with Crippen molar-refractivity contribution in [1.29, 1.82) is 0 Å². The van der Waals surface area contributed by atoms with Crippen LogP contribution in [-0.4, -0.2) is 25.2 Å². The number of hydrogen-bond acceptors (Lipinski definition) is 3. The zero-order valence-electron chi connectivity index (χ0n) is 11.8. The molecular weight excluding hydrogens is 405 g/mol. The molecule has 3 rings (SSSR count). The lowest BCUT2D eigenvalue weighted by molar-refractivity contribution is 0.101. The Morgan fingerprint density at radius 3 is 2.70 bits per heavy atom. The van der Waals surface area contributed by atoms with Crippen LogP contribution >= 0.6 is 39.1 Å². The van der Waals surface area contributed by atoms with Crippen molar-refractivity contribution >= 4 is 50.7 Å². The van der Waals surface area contributed by atoms with Gasteiger partial charge in [0.25, 0.3) is 5.91 Å². The molecule has 1 amide bonds. The van der Waals surface area contributed by atoms with Crippen LogP contribution in [0.3, 0.4) is 0 Å². The summed E-state index contributed by atoms with van der Waals surface area (Å²) in [4.78, 5) is 16.4. The number of rotatable bonds is 3. The molecule has 0 saturated carbocycles. The quantitative estimate of drug-likeness (QED) is 0.706. The van der Waals surface area contributed by atoms with E-state index in [-0.39, 0.29) is 5.91 Å². The van der Waals surface area contributed by atoms with Gasteiger partial charge in [-0.3, -0.25) is 4.79 Å². The monoisotopic (exact) mass is 413 g/mol. The third kappa shape index (κ3) is 3.12. The Bertz CT molecular complexity index is 876. The Kier molecular flexibility index (Phi) is 4.43. The molecule has 1 N–H and O–H groups in total. The molecule has 0 aliphatic heterocycles. The molecule has 3 aromatic rings. The fourth-order valence-electron chi connectivity index (χ4n) is 2.09. The normalized spacial score (nSPS) is 10.8. The highest BCUT2D eigenvalue weighted by molar-refractivity contribution is 9.10. The van der Waals surface area contributed by atoms with Gasteiger partial charge in [-0.2, -0.15) is 5.10 Å². The summed E-state index contributed by atoms with van der Waals surface area (Å²) >= 11 is 15.4. The molecule has 1 aromatic carbocycles. The molecule has 9 heteroatoms. The first-order chi connectivity index (χ1) is 11.0. The maximum Gasteiger partial charge on any atom is 0.272 e. The first-order valence-electron chi connectivity index (χ1n) is 6.44. The second-order valence-electron chi connectivity index (χ2n) is 4.68. The van der Waals surface area contributed by atoms with Gasteiger partial charge in [-0.25, -0.2) is 9.67 Å². The van der Waals surface area contributed by atoms with Crippen molar-refractivity contribution in [1.82, 2.24) is 19.3 Å². The van der Waals surface area contributed by atoms with E-state index in [2.05, 4.69) is 31.3 Å². The van der Waals surface area contributed by atoms with E-state index in [9.17, 15) is 4.79 Å². The molecule has 0 bridgehead atoms. The highest BCUT2D eigenvalue weighted by atomic mass is 79.9. The Hall–Kier alpha value is -1.83. The maximum absolute atomic E-state index is 12.5. The van der Waals surface area contributed by atoms with E-state index in [1.165, 1.54) is 17.0 Å². The standard InChI is InChI=1S/C14H10BrCl2N5O/c1-21-12(5-9(16)13(21)17)14(23)20-10-4-8(15)2-3-11(10)22-7-18-6-19-22/h2-7H,1H3,(H,20,23). The molecule has 0 spiro atoms. The minimum Gasteiger partial charge on any atom is -0.329 e. The van der Waals surface area contributed by atoms with Gasteiger partial charge in [-0.1, -0.05) is 39.1 Å². The summed E-state index contributed by atoms with van der Waals surface area (Å²) in [5.74, 6) is -0.333. The minimum absolute atomic E-state index is 0.308. The number of nitrogens with one attached hydrogen (secondary N) is 1. The highest BCUT2D eigenvalue weighted by Gasteiger charge is 2.17. The van der Waals surface area contributed by atoms with E-state index in [4.69, 9.17) is 23.2 Å². The van der Waals surface area contributed by atoms with Crippen LogP contribution in [0.15, 0.2) is 41.4 Å². The number of halogens is 3. The van der Waals surface area contributed by atoms with Crippen molar-refractivity contribution in [2.24, 2.45) is 7.05 Å². The number of benzene rings is 1. The number of hydrogen-bond donors (Lipinski definition) is 1. The van der Waals surface area contributed by atoms with Crippen LogP contribution in [0.2, 0.25) is 10.2 Å². The van der Waals surface area contributed by atoms with Gasteiger partial charge in [0.1, 0.15) is 23.5 Å². The number of carbonyl (C=O) groups excluding carboxylic acids is 1. The van der Waals surface area contributed by atoms with Crippen molar-refractivity contribution < 1.29 is 4.79 Å². The van der Waals surface area contributed by atoms with Gasteiger partial charge < -0.3 is 9.88 Å². The molecule has 0 aliphatic rings. The van der Waals surface area contributed by atoms with E-state index in [1.807, 2.05) is 12.1 Å². The smallest absolute Gasteiger partial charge is 0.272 e. The summed E-state index contributed by atoms with van der Waals surface area (Å²) in [6.07, 6.45) is 2.97. The van der Waals surface area contributed by atoms with Gasteiger partial charge in [0.15, 0.2) is 0 Å². The lowest BCUT2D eigenvalue weighted by atomic mass is 10.2. The molecule has 0 aliphatic carbocycles. The summed E-state index contributed by atoms with van der Waals surface area (Å²) in [7, 11) is 1.67. The zero-order chi connectivity index (χ0) is 16.6. The van der Waals surface area contributed by atoms with Crippen LogP contribution in [0, 0.1) is 0 Å².